The Kier molecular flexibility index (Phi) is 1.93. The number of aromatic carboxylic acids is 1. The molecule has 0 bridgehead atoms. The fraction of sp³-hybridized carbons (Fsp3) is 0.125. The van der Waals surface area contributed by atoms with Gasteiger partial charge < -0.3 is 10.1 Å². The molecule has 0 spiro atoms. The molecule has 0 atom stereocenters. The molecule has 0 aliphatic carbocycles. The summed E-state index contributed by atoms with van der Waals surface area (Å²) in [4.78, 5) is 35.5. The molecule has 0 radical (unpaired) electrons. The van der Waals surface area contributed by atoms with Gasteiger partial charge in [-0.25, -0.2) is 19.7 Å². The summed E-state index contributed by atoms with van der Waals surface area (Å²) in [6.07, 6.45) is 1.27. The van der Waals surface area contributed by atoms with Crippen molar-refractivity contribution in [3.8, 4) is 0 Å². The molecule has 0 aromatic carbocycles. The number of carboxylic acids is 1. The Morgan fingerprint density at radius 1 is 1.47 bits per heavy atom. The Labute approximate surface area is 82.8 Å². The number of aryl methyl sites for hydroxylation is 1. The Morgan fingerprint density at radius 2 is 2.20 bits per heavy atom. The lowest BCUT2D eigenvalue weighted by molar-refractivity contribution is 0.0689. The number of hydrogen-bond donors (Lipinski definition) is 2. The summed E-state index contributed by atoms with van der Waals surface area (Å²) in [6.45, 7) is 1.65. The zero-order chi connectivity index (χ0) is 11.0. The van der Waals surface area contributed by atoms with E-state index in [2.05, 4.69) is 19.9 Å². The Hall–Kier alpha value is -2.31. The van der Waals surface area contributed by atoms with Crippen LogP contribution in [0.15, 0.2) is 11.1 Å². The van der Waals surface area contributed by atoms with E-state index in [9.17, 15) is 9.59 Å². The van der Waals surface area contributed by atoms with Crippen LogP contribution < -0.4 is 5.56 Å². The fourth-order valence-electron chi connectivity index (χ4n) is 1.17. The van der Waals surface area contributed by atoms with E-state index in [-0.39, 0.29) is 11.2 Å². The van der Waals surface area contributed by atoms with Gasteiger partial charge in [0, 0.05) is 0 Å². The van der Waals surface area contributed by atoms with Crippen LogP contribution in [-0.4, -0.2) is 31.0 Å². The quantitative estimate of drug-likeness (QED) is 0.664. The van der Waals surface area contributed by atoms with Crippen molar-refractivity contribution < 1.29 is 9.90 Å². The van der Waals surface area contributed by atoms with Gasteiger partial charge in [0.1, 0.15) is 11.8 Å². The highest BCUT2D eigenvalue weighted by molar-refractivity contribution is 5.87. The largest absolute Gasteiger partial charge is 0.476 e. The zero-order valence-corrected chi connectivity index (χ0v) is 7.68. The molecule has 0 saturated carbocycles. The molecule has 2 rings (SSSR count). The fourth-order valence-corrected chi connectivity index (χ4v) is 1.17. The van der Waals surface area contributed by atoms with E-state index in [0.29, 0.717) is 5.69 Å². The molecule has 0 amide bonds. The first-order valence-corrected chi connectivity index (χ1v) is 4.04. The predicted octanol–water partition coefficient (Wildman–Crippen LogP) is -0.280. The molecular weight excluding hydrogens is 200 g/mol. The van der Waals surface area contributed by atoms with Crippen LogP contribution in [0.5, 0.6) is 0 Å². The molecule has 0 aliphatic rings. The summed E-state index contributed by atoms with van der Waals surface area (Å²) in [5.41, 5.74) is -0.292. The lowest BCUT2D eigenvalue weighted by Crippen LogP contribution is -2.20. The molecule has 2 N–H and O–H groups in total. The normalized spacial score (nSPS) is 10.5. The average molecular weight is 206 g/mol. The van der Waals surface area contributed by atoms with Gasteiger partial charge in [-0.1, -0.05) is 0 Å². The number of aromatic amines is 1. The third kappa shape index (κ3) is 1.43. The molecule has 2 heterocycles. The molecule has 7 nitrogen and oxygen atoms in total. The highest BCUT2D eigenvalue weighted by Crippen LogP contribution is 2.06. The van der Waals surface area contributed by atoms with Crippen LogP contribution in [0.2, 0.25) is 0 Å². The van der Waals surface area contributed by atoms with E-state index in [0.717, 1.165) is 0 Å². The van der Waals surface area contributed by atoms with Crippen molar-refractivity contribution in [3.05, 3.63) is 28.1 Å². The number of carbonyl (C=O) groups is 1. The number of hydrogen-bond acceptors (Lipinski definition) is 5. The smallest absolute Gasteiger partial charge is 0.360 e. The molecule has 0 fully saturated rings. The Bertz CT molecular complexity index is 604. The Balaban J connectivity index is 2.90. The minimum Gasteiger partial charge on any atom is -0.476 e. The van der Waals surface area contributed by atoms with Gasteiger partial charge in [-0.2, -0.15) is 0 Å². The van der Waals surface area contributed by atoms with Crippen molar-refractivity contribution >= 4 is 17.1 Å². The molecule has 7 heteroatoms. The maximum Gasteiger partial charge on any atom is 0.360 e. The first-order chi connectivity index (χ1) is 7.09. The van der Waals surface area contributed by atoms with Crippen molar-refractivity contribution in [2.24, 2.45) is 0 Å². The van der Waals surface area contributed by atoms with Crippen molar-refractivity contribution in [2.75, 3.05) is 0 Å². The molecule has 2 aromatic rings. The molecule has 2 aromatic heterocycles. The lowest BCUT2D eigenvalue weighted by Gasteiger charge is -1.99. The topological polar surface area (TPSA) is 109 Å². The number of rotatable bonds is 1. The average Bonchev–Trinajstić information content (AvgIpc) is 2.16. The zero-order valence-electron chi connectivity index (χ0n) is 7.68. The second-order valence-corrected chi connectivity index (χ2v) is 2.88. The third-order valence-electron chi connectivity index (χ3n) is 1.88. The van der Waals surface area contributed by atoms with Crippen LogP contribution in [0.3, 0.4) is 0 Å². The number of carboxylic acid groups (broad SMARTS) is 1. The van der Waals surface area contributed by atoms with Gasteiger partial charge in [-0.15, -0.1) is 0 Å². The van der Waals surface area contributed by atoms with E-state index in [1.807, 2.05) is 0 Å². The molecule has 0 unspecified atom stereocenters. The van der Waals surface area contributed by atoms with Crippen molar-refractivity contribution in [2.45, 2.75) is 6.92 Å². The number of nitrogens with one attached hydrogen (secondary N) is 1. The van der Waals surface area contributed by atoms with Crippen LogP contribution >= 0.6 is 0 Å². The van der Waals surface area contributed by atoms with E-state index >= 15 is 0 Å². The van der Waals surface area contributed by atoms with Crippen LogP contribution in [0.25, 0.3) is 11.2 Å². The molecule has 76 valence electrons. The molecule has 0 saturated heterocycles. The van der Waals surface area contributed by atoms with E-state index in [1.165, 1.54) is 6.33 Å². The van der Waals surface area contributed by atoms with Crippen LogP contribution in [0.1, 0.15) is 16.2 Å². The van der Waals surface area contributed by atoms with Gasteiger partial charge in [-0.3, -0.25) is 4.79 Å². The van der Waals surface area contributed by atoms with E-state index < -0.39 is 17.2 Å². The summed E-state index contributed by atoms with van der Waals surface area (Å²) >= 11 is 0. The molecular formula is C8H6N4O3. The first kappa shape index (κ1) is 9.25. The summed E-state index contributed by atoms with van der Waals surface area (Å²) < 4.78 is 0. The second kappa shape index (κ2) is 3.12. The summed E-state index contributed by atoms with van der Waals surface area (Å²) in [7, 11) is 0. The van der Waals surface area contributed by atoms with Gasteiger partial charge in [0.05, 0.1) is 5.69 Å². The van der Waals surface area contributed by atoms with Crippen LogP contribution in [0, 0.1) is 6.92 Å². The van der Waals surface area contributed by atoms with E-state index in [4.69, 9.17) is 5.11 Å². The van der Waals surface area contributed by atoms with Gasteiger partial charge in [0.25, 0.3) is 5.56 Å². The summed E-state index contributed by atoms with van der Waals surface area (Å²) in [5, 5.41) is 8.69. The first-order valence-electron chi connectivity index (χ1n) is 4.04. The number of aromatic nitrogens is 4. The summed E-state index contributed by atoms with van der Waals surface area (Å²) in [5.74, 6) is -1.37. The maximum absolute atomic E-state index is 11.2. The number of fused-ring (bicyclic) bond motifs is 1. The lowest BCUT2D eigenvalue weighted by atomic mass is 10.3. The summed E-state index contributed by atoms with van der Waals surface area (Å²) in [6, 6.07) is 0. The molecule has 0 aliphatic heterocycles. The Morgan fingerprint density at radius 3 is 2.87 bits per heavy atom. The highest BCUT2D eigenvalue weighted by Gasteiger charge is 2.13. The highest BCUT2D eigenvalue weighted by atomic mass is 16.4. The standard InChI is InChI=1S/C8H6N4O3/c1-3-4-6(10-2-9-3)12-7(13)5(11-4)8(14)15/h2H,1H3,(H,14,15)(H,9,10,12,13). The van der Waals surface area contributed by atoms with Gasteiger partial charge in [0.15, 0.2) is 5.65 Å². The minimum absolute atomic E-state index is 0.234. The van der Waals surface area contributed by atoms with Gasteiger partial charge in [-0.05, 0) is 6.92 Å². The monoisotopic (exact) mass is 206 g/mol. The van der Waals surface area contributed by atoms with Crippen LogP contribution in [0.4, 0.5) is 0 Å². The number of H-pyrrole nitrogens is 1. The minimum atomic E-state index is -1.37. The predicted molar refractivity (Wildman–Crippen MR) is 49.6 cm³/mol. The molecule has 15 heavy (non-hydrogen) atoms. The van der Waals surface area contributed by atoms with Gasteiger partial charge >= 0.3 is 5.97 Å². The van der Waals surface area contributed by atoms with Crippen LogP contribution in [-0.2, 0) is 0 Å². The van der Waals surface area contributed by atoms with Gasteiger partial charge in [0.2, 0.25) is 5.69 Å². The van der Waals surface area contributed by atoms with Crippen molar-refractivity contribution in [1.82, 2.24) is 19.9 Å². The van der Waals surface area contributed by atoms with Crippen molar-refractivity contribution in [3.63, 3.8) is 0 Å². The van der Waals surface area contributed by atoms with Crippen molar-refractivity contribution in [1.29, 1.82) is 0 Å². The third-order valence-corrected chi connectivity index (χ3v) is 1.88. The number of nitrogens with zero attached hydrogens (tertiary/aromatic N) is 3. The SMILES string of the molecule is Cc1ncnc2[nH]c(=O)c(C(=O)O)nc12. The van der Waals surface area contributed by atoms with E-state index in [1.54, 1.807) is 6.92 Å². The second-order valence-electron chi connectivity index (χ2n) is 2.88. The maximum atomic E-state index is 11.2.